The number of hydrogen-bond acceptors (Lipinski definition) is 1. The second-order valence-corrected chi connectivity index (χ2v) is 4.58. The zero-order valence-corrected chi connectivity index (χ0v) is 13.7. The number of carbonyl (C=O) groups is 1. The summed E-state index contributed by atoms with van der Waals surface area (Å²) in [6, 6.07) is 20.0. The summed E-state index contributed by atoms with van der Waals surface area (Å²) in [5.41, 5.74) is 3.84. The molecule has 0 aliphatic heterocycles. The fourth-order valence-corrected chi connectivity index (χ4v) is 2.82. The number of fused-ring (bicyclic) bond motifs is 2. The Morgan fingerprint density at radius 2 is 1.05 bits per heavy atom. The van der Waals surface area contributed by atoms with Gasteiger partial charge in [0, 0.05) is 16.5 Å². The Morgan fingerprint density at radius 1 is 0.545 bits per heavy atom. The zero-order chi connectivity index (χ0) is 16.1. The Balaban J connectivity index is 0.000000410. The predicted molar refractivity (Wildman–Crippen MR) is 95.5 cm³/mol. The van der Waals surface area contributed by atoms with Crippen LogP contribution in [0, 0.1) is 0 Å². The summed E-state index contributed by atoms with van der Waals surface area (Å²) in [6.45, 7) is 8.00. The first-order valence-electron chi connectivity index (χ1n) is 8.02. The van der Waals surface area contributed by atoms with Crippen LogP contribution in [-0.2, 0) is 0 Å². The highest BCUT2D eigenvalue weighted by atomic mass is 16.1. The highest BCUT2D eigenvalue weighted by Crippen LogP contribution is 2.38. The van der Waals surface area contributed by atoms with Gasteiger partial charge in [-0.25, -0.2) is 0 Å². The van der Waals surface area contributed by atoms with Crippen LogP contribution >= 0.6 is 0 Å². The van der Waals surface area contributed by atoms with E-state index in [9.17, 15) is 4.79 Å². The molecule has 0 spiro atoms. The molecule has 0 N–H and O–H groups in total. The molecule has 3 aromatic carbocycles. The van der Waals surface area contributed by atoms with Crippen molar-refractivity contribution in [2.24, 2.45) is 0 Å². The van der Waals surface area contributed by atoms with Crippen molar-refractivity contribution in [3.05, 3.63) is 71.8 Å². The lowest BCUT2D eigenvalue weighted by Crippen LogP contribution is -2.09. The normalized spacial score (nSPS) is 10.8. The van der Waals surface area contributed by atoms with Crippen LogP contribution < -0.4 is 0 Å². The van der Waals surface area contributed by atoms with Gasteiger partial charge in [0.25, 0.3) is 0 Å². The molecular formula is C21H22O. The van der Waals surface area contributed by atoms with Gasteiger partial charge in [-0.2, -0.15) is 0 Å². The number of hydrogen-bond donors (Lipinski definition) is 0. The lowest BCUT2D eigenvalue weighted by atomic mass is 9.83. The summed E-state index contributed by atoms with van der Waals surface area (Å²) < 4.78 is 0. The molecule has 0 bridgehead atoms. The number of carbonyl (C=O) groups excluding carboxylic acids is 1. The van der Waals surface area contributed by atoms with E-state index in [1.807, 2.05) is 70.2 Å². The van der Waals surface area contributed by atoms with Gasteiger partial charge < -0.3 is 0 Å². The van der Waals surface area contributed by atoms with Gasteiger partial charge in [0.05, 0.1) is 0 Å². The molecule has 1 heteroatoms. The predicted octanol–water partition coefficient (Wildman–Crippen LogP) is 6.10. The molecule has 0 saturated heterocycles. The van der Waals surface area contributed by atoms with Crippen molar-refractivity contribution in [1.82, 2.24) is 0 Å². The van der Waals surface area contributed by atoms with Crippen molar-refractivity contribution < 1.29 is 4.79 Å². The monoisotopic (exact) mass is 290 g/mol. The average molecular weight is 290 g/mol. The van der Waals surface area contributed by atoms with Gasteiger partial charge >= 0.3 is 0 Å². The highest BCUT2D eigenvalue weighted by Gasteiger charge is 2.23. The number of ketones is 1. The van der Waals surface area contributed by atoms with Crippen LogP contribution in [-0.4, -0.2) is 5.78 Å². The first-order chi connectivity index (χ1) is 10.9. The van der Waals surface area contributed by atoms with Crippen LogP contribution in [0.2, 0.25) is 0 Å². The zero-order valence-electron chi connectivity index (χ0n) is 13.7. The average Bonchev–Trinajstić information content (AvgIpc) is 2.63. The van der Waals surface area contributed by atoms with Crippen LogP contribution in [0.5, 0.6) is 0 Å². The van der Waals surface area contributed by atoms with E-state index in [1.165, 1.54) is 5.56 Å². The van der Waals surface area contributed by atoms with Crippen molar-refractivity contribution in [1.29, 1.82) is 0 Å². The first kappa shape index (κ1) is 16.0. The Kier molecular flexibility index (Phi) is 5.11. The molecule has 0 saturated carbocycles. The first-order valence-corrected chi connectivity index (χ1v) is 8.02. The van der Waals surface area contributed by atoms with E-state index in [1.54, 1.807) is 0 Å². The van der Waals surface area contributed by atoms with E-state index in [2.05, 4.69) is 18.2 Å². The van der Waals surface area contributed by atoms with Crippen LogP contribution in [0.25, 0.3) is 21.9 Å². The van der Waals surface area contributed by atoms with Gasteiger partial charge in [0.1, 0.15) is 0 Å². The molecule has 112 valence electrons. The van der Waals surface area contributed by atoms with Gasteiger partial charge in [-0.15, -0.1) is 0 Å². The fourth-order valence-electron chi connectivity index (χ4n) is 2.82. The quantitative estimate of drug-likeness (QED) is 0.382. The minimum absolute atomic E-state index is 0.134. The van der Waals surface area contributed by atoms with Gasteiger partial charge in [-0.05, 0) is 16.5 Å². The molecule has 0 aromatic heterocycles. The summed E-state index contributed by atoms with van der Waals surface area (Å²) in [5, 5.41) is 2.22. The summed E-state index contributed by atoms with van der Waals surface area (Å²) in [4.78, 5) is 12.5. The summed E-state index contributed by atoms with van der Waals surface area (Å²) in [7, 11) is 0. The van der Waals surface area contributed by atoms with E-state index in [0.29, 0.717) is 0 Å². The van der Waals surface area contributed by atoms with E-state index in [-0.39, 0.29) is 5.78 Å². The summed E-state index contributed by atoms with van der Waals surface area (Å²) in [5.74, 6) is 0.134. The Bertz CT molecular complexity index is 795. The molecule has 0 amide bonds. The van der Waals surface area contributed by atoms with E-state index in [0.717, 1.165) is 27.5 Å². The largest absolute Gasteiger partial charge is 0.289 e. The Hall–Kier alpha value is -2.41. The maximum Gasteiger partial charge on any atom is 0.194 e. The van der Waals surface area contributed by atoms with Gasteiger partial charge in [0.2, 0.25) is 0 Å². The van der Waals surface area contributed by atoms with Crippen LogP contribution in [0.1, 0.15) is 43.6 Å². The minimum atomic E-state index is 0.134. The third-order valence-corrected chi connectivity index (χ3v) is 3.61. The van der Waals surface area contributed by atoms with Gasteiger partial charge in [-0.3, -0.25) is 4.79 Å². The molecule has 0 atom stereocenters. The topological polar surface area (TPSA) is 17.1 Å². The van der Waals surface area contributed by atoms with Crippen molar-refractivity contribution >= 4 is 16.6 Å². The second-order valence-electron chi connectivity index (χ2n) is 4.58. The molecule has 3 aromatic rings. The second kappa shape index (κ2) is 7.04. The molecule has 0 heterocycles. The van der Waals surface area contributed by atoms with Gasteiger partial charge in [-0.1, -0.05) is 88.4 Å². The van der Waals surface area contributed by atoms with Crippen molar-refractivity contribution in [2.45, 2.75) is 27.7 Å². The molecule has 0 radical (unpaired) electrons. The number of benzene rings is 3. The molecule has 4 rings (SSSR count). The van der Waals surface area contributed by atoms with Crippen molar-refractivity contribution in [3.63, 3.8) is 0 Å². The standard InChI is InChI=1S/C17H10O.2C2H6/c18-17-14-8-2-1-7-12(14)13-9-3-5-11-6-4-10-15(17)16(11)13;2*1-2/h1-10H;2*1-2H3. The highest BCUT2D eigenvalue weighted by molar-refractivity contribution is 6.25. The Morgan fingerprint density at radius 3 is 1.68 bits per heavy atom. The van der Waals surface area contributed by atoms with Gasteiger partial charge in [0.15, 0.2) is 5.78 Å². The summed E-state index contributed by atoms with van der Waals surface area (Å²) in [6.07, 6.45) is 0. The Labute approximate surface area is 132 Å². The molecule has 22 heavy (non-hydrogen) atoms. The molecule has 0 unspecified atom stereocenters. The van der Waals surface area contributed by atoms with Crippen LogP contribution in [0.4, 0.5) is 0 Å². The lowest BCUT2D eigenvalue weighted by molar-refractivity contribution is 0.104. The maximum absolute atomic E-state index is 12.5. The third kappa shape index (κ3) is 2.43. The summed E-state index contributed by atoms with van der Waals surface area (Å²) >= 11 is 0. The van der Waals surface area contributed by atoms with E-state index in [4.69, 9.17) is 0 Å². The third-order valence-electron chi connectivity index (χ3n) is 3.61. The molecule has 1 aliphatic rings. The molecule has 1 nitrogen and oxygen atoms in total. The molecule has 1 aliphatic carbocycles. The van der Waals surface area contributed by atoms with E-state index < -0.39 is 0 Å². The SMILES string of the molecule is CC.CC.O=C1c2ccccc2-c2cccc3cccc1c23. The van der Waals surface area contributed by atoms with Crippen LogP contribution in [0.15, 0.2) is 60.7 Å². The maximum atomic E-state index is 12.5. The smallest absolute Gasteiger partial charge is 0.194 e. The van der Waals surface area contributed by atoms with E-state index >= 15 is 0 Å². The fraction of sp³-hybridized carbons (Fsp3) is 0.190. The van der Waals surface area contributed by atoms with Crippen molar-refractivity contribution in [2.75, 3.05) is 0 Å². The lowest BCUT2D eigenvalue weighted by Gasteiger charge is -2.19. The van der Waals surface area contributed by atoms with Crippen molar-refractivity contribution in [3.8, 4) is 11.1 Å². The van der Waals surface area contributed by atoms with Crippen LogP contribution in [0.3, 0.4) is 0 Å². The molecule has 0 fully saturated rings. The minimum Gasteiger partial charge on any atom is -0.289 e. The number of rotatable bonds is 0. The molecular weight excluding hydrogens is 268 g/mol.